The zero-order valence-corrected chi connectivity index (χ0v) is 9.85. The molecule has 0 radical (unpaired) electrons. The van der Waals surface area contributed by atoms with E-state index in [1.165, 1.54) is 18.5 Å². The second-order valence-electron chi connectivity index (χ2n) is 4.22. The number of piperidine rings is 1. The van der Waals surface area contributed by atoms with Crippen molar-refractivity contribution in [3.63, 3.8) is 0 Å². The summed E-state index contributed by atoms with van der Waals surface area (Å²) in [6.07, 6.45) is 4.34. The molecule has 2 heterocycles. The molecule has 3 N–H and O–H groups in total. The molecule has 6 nitrogen and oxygen atoms in total. The number of carbonyl (C=O) groups is 2. The highest BCUT2D eigenvalue weighted by Crippen LogP contribution is 2.09. The van der Waals surface area contributed by atoms with Gasteiger partial charge in [0.05, 0.1) is 11.1 Å². The fraction of sp³-hybridized carbons (Fsp3) is 0.417. The van der Waals surface area contributed by atoms with Crippen LogP contribution in [0.15, 0.2) is 18.5 Å². The third kappa shape index (κ3) is 2.84. The van der Waals surface area contributed by atoms with Crippen LogP contribution in [-0.2, 0) is 0 Å². The molecule has 0 saturated carbocycles. The molecule has 1 aliphatic rings. The summed E-state index contributed by atoms with van der Waals surface area (Å²) in [6, 6.07) is 1.54. The highest BCUT2D eigenvalue weighted by atomic mass is 16.4. The smallest absolute Gasteiger partial charge is 0.338 e. The lowest BCUT2D eigenvalue weighted by Gasteiger charge is -2.23. The molecule has 0 aliphatic carbocycles. The first kappa shape index (κ1) is 12.5. The highest BCUT2D eigenvalue weighted by Gasteiger charge is 2.20. The Kier molecular flexibility index (Phi) is 3.88. The van der Waals surface area contributed by atoms with Crippen molar-refractivity contribution in [2.75, 3.05) is 13.1 Å². The number of carbonyl (C=O) groups excluding carboxylic acids is 1. The van der Waals surface area contributed by atoms with Gasteiger partial charge in [-0.1, -0.05) is 0 Å². The molecule has 18 heavy (non-hydrogen) atoms. The zero-order valence-electron chi connectivity index (χ0n) is 9.85. The Morgan fingerprint density at radius 1 is 1.33 bits per heavy atom. The molecule has 1 aromatic rings. The van der Waals surface area contributed by atoms with Crippen LogP contribution in [0.3, 0.4) is 0 Å². The number of nitrogens with zero attached hydrogens (tertiary/aromatic N) is 1. The summed E-state index contributed by atoms with van der Waals surface area (Å²) in [7, 11) is 0. The Balaban J connectivity index is 2.10. The number of hydrogen-bond donors (Lipinski definition) is 3. The average molecular weight is 249 g/mol. The number of amides is 1. The SMILES string of the molecule is O=C(O)c1cnccc1C(=O)NC1CCNCC1. The van der Waals surface area contributed by atoms with E-state index < -0.39 is 5.97 Å². The number of carboxylic acids is 1. The van der Waals surface area contributed by atoms with Crippen LogP contribution < -0.4 is 10.6 Å². The minimum absolute atomic E-state index is 0.0658. The molecule has 1 aliphatic heterocycles. The molecule has 1 saturated heterocycles. The quantitative estimate of drug-likeness (QED) is 0.715. The fourth-order valence-corrected chi connectivity index (χ4v) is 1.99. The van der Waals surface area contributed by atoms with Gasteiger partial charge in [0.25, 0.3) is 5.91 Å². The van der Waals surface area contributed by atoms with E-state index in [0.717, 1.165) is 25.9 Å². The van der Waals surface area contributed by atoms with Crippen molar-refractivity contribution in [2.24, 2.45) is 0 Å². The molecule has 0 unspecified atom stereocenters. The molecular formula is C12H15N3O3. The lowest BCUT2D eigenvalue weighted by atomic mass is 10.0. The molecule has 2 rings (SSSR count). The van der Waals surface area contributed by atoms with Crippen molar-refractivity contribution in [3.05, 3.63) is 29.6 Å². The summed E-state index contributed by atoms with van der Waals surface area (Å²) in [6.45, 7) is 1.74. The summed E-state index contributed by atoms with van der Waals surface area (Å²) < 4.78 is 0. The van der Waals surface area contributed by atoms with Gasteiger partial charge in [-0.2, -0.15) is 0 Å². The Morgan fingerprint density at radius 3 is 2.72 bits per heavy atom. The van der Waals surface area contributed by atoms with E-state index in [-0.39, 0.29) is 23.1 Å². The third-order valence-corrected chi connectivity index (χ3v) is 2.97. The first-order valence-corrected chi connectivity index (χ1v) is 5.87. The van der Waals surface area contributed by atoms with E-state index >= 15 is 0 Å². The number of nitrogens with one attached hydrogen (secondary N) is 2. The van der Waals surface area contributed by atoms with Gasteiger partial charge < -0.3 is 15.7 Å². The third-order valence-electron chi connectivity index (χ3n) is 2.97. The van der Waals surface area contributed by atoms with Gasteiger partial charge in [-0.05, 0) is 32.0 Å². The standard InChI is InChI=1S/C12H15N3O3/c16-11(15-8-1-4-13-5-2-8)9-3-6-14-7-10(9)12(17)18/h3,6-8,13H,1-2,4-5H2,(H,15,16)(H,17,18). The van der Waals surface area contributed by atoms with E-state index in [1.54, 1.807) is 0 Å². The zero-order chi connectivity index (χ0) is 13.0. The van der Waals surface area contributed by atoms with Gasteiger partial charge >= 0.3 is 5.97 Å². The molecule has 6 heteroatoms. The molecule has 1 amide bonds. The van der Waals surface area contributed by atoms with Gasteiger partial charge in [-0.3, -0.25) is 9.78 Å². The summed E-state index contributed by atoms with van der Waals surface area (Å²) in [5.74, 6) is -1.49. The number of rotatable bonds is 3. The maximum atomic E-state index is 12.0. The molecule has 1 fully saturated rings. The minimum atomic E-state index is -1.14. The van der Waals surface area contributed by atoms with Crippen LogP contribution >= 0.6 is 0 Å². The van der Waals surface area contributed by atoms with Crippen LogP contribution in [0.2, 0.25) is 0 Å². The molecule has 0 bridgehead atoms. The first-order valence-electron chi connectivity index (χ1n) is 5.87. The van der Waals surface area contributed by atoms with E-state index in [0.29, 0.717) is 0 Å². The van der Waals surface area contributed by atoms with Gasteiger partial charge in [0.2, 0.25) is 0 Å². The van der Waals surface area contributed by atoms with Crippen LogP contribution in [-0.4, -0.2) is 41.1 Å². The van der Waals surface area contributed by atoms with Crippen molar-refractivity contribution in [1.29, 1.82) is 0 Å². The lowest BCUT2D eigenvalue weighted by Crippen LogP contribution is -2.43. The number of aromatic nitrogens is 1. The number of hydrogen-bond acceptors (Lipinski definition) is 4. The summed E-state index contributed by atoms with van der Waals surface area (Å²) in [5, 5.41) is 15.1. The molecular weight excluding hydrogens is 234 g/mol. The molecule has 0 spiro atoms. The van der Waals surface area contributed by atoms with Crippen molar-refractivity contribution in [2.45, 2.75) is 18.9 Å². The topological polar surface area (TPSA) is 91.3 Å². The van der Waals surface area contributed by atoms with E-state index in [9.17, 15) is 9.59 Å². The fourth-order valence-electron chi connectivity index (χ4n) is 1.99. The normalized spacial score (nSPS) is 16.2. The van der Waals surface area contributed by atoms with Crippen molar-refractivity contribution >= 4 is 11.9 Å². The molecule has 0 aromatic carbocycles. The van der Waals surface area contributed by atoms with Crippen molar-refractivity contribution < 1.29 is 14.7 Å². The van der Waals surface area contributed by atoms with Gasteiger partial charge in [0.1, 0.15) is 0 Å². The summed E-state index contributed by atoms with van der Waals surface area (Å²) >= 11 is 0. The van der Waals surface area contributed by atoms with Crippen LogP contribution in [0.25, 0.3) is 0 Å². The van der Waals surface area contributed by atoms with Crippen molar-refractivity contribution in [3.8, 4) is 0 Å². The van der Waals surface area contributed by atoms with Gasteiger partial charge in [0, 0.05) is 18.4 Å². The Labute approximate surface area is 104 Å². The van der Waals surface area contributed by atoms with Gasteiger partial charge in [0.15, 0.2) is 0 Å². The monoisotopic (exact) mass is 249 g/mol. The predicted octanol–water partition coefficient (Wildman–Crippen LogP) is 0.262. The maximum absolute atomic E-state index is 12.0. The van der Waals surface area contributed by atoms with Crippen LogP contribution in [0, 0.1) is 0 Å². The van der Waals surface area contributed by atoms with Crippen LogP contribution in [0.4, 0.5) is 0 Å². The van der Waals surface area contributed by atoms with Crippen LogP contribution in [0.5, 0.6) is 0 Å². The van der Waals surface area contributed by atoms with E-state index in [1.807, 2.05) is 0 Å². The molecule has 96 valence electrons. The Morgan fingerprint density at radius 2 is 2.06 bits per heavy atom. The van der Waals surface area contributed by atoms with Gasteiger partial charge in [-0.15, -0.1) is 0 Å². The number of carboxylic acid groups (broad SMARTS) is 1. The van der Waals surface area contributed by atoms with E-state index in [2.05, 4.69) is 15.6 Å². The second-order valence-corrected chi connectivity index (χ2v) is 4.22. The van der Waals surface area contributed by atoms with Gasteiger partial charge in [-0.25, -0.2) is 4.79 Å². The van der Waals surface area contributed by atoms with Crippen molar-refractivity contribution in [1.82, 2.24) is 15.6 Å². The predicted molar refractivity (Wildman–Crippen MR) is 64.6 cm³/mol. The molecule has 0 atom stereocenters. The van der Waals surface area contributed by atoms with Crippen LogP contribution in [0.1, 0.15) is 33.6 Å². The minimum Gasteiger partial charge on any atom is -0.478 e. The highest BCUT2D eigenvalue weighted by molar-refractivity contribution is 6.04. The summed E-state index contributed by atoms with van der Waals surface area (Å²) in [4.78, 5) is 26.7. The Hall–Kier alpha value is -1.95. The largest absolute Gasteiger partial charge is 0.478 e. The molecule has 1 aromatic heterocycles. The Bertz CT molecular complexity index is 456. The number of aromatic carboxylic acids is 1. The number of pyridine rings is 1. The maximum Gasteiger partial charge on any atom is 0.338 e. The lowest BCUT2D eigenvalue weighted by molar-refractivity contribution is 0.0689. The van der Waals surface area contributed by atoms with E-state index in [4.69, 9.17) is 5.11 Å². The first-order chi connectivity index (χ1) is 8.68. The second kappa shape index (κ2) is 5.59. The summed E-state index contributed by atoms with van der Waals surface area (Å²) in [5.41, 5.74) is 0.0972. The average Bonchev–Trinajstić information content (AvgIpc) is 2.40.